The van der Waals surface area contributed by atoms with E-state index in [2.05, 4.69) is 9.97 Å². The third-order valence-corrected chi connectivity index (χ3v) is 4.03. The Balaban J connectivity index is 1.82. The second-order valence-corrected chi connectivity index (χ2v) is 5.51. The molecule has 4 heteroatoms. The van der Waals surface area contributed by atoms with E-state index in [1.807, 2.05) is 24.3 Å². The molecule has 4 rings (SSSR count). The molecule has 0 radical (unpaired) electrons. The number of H-pyrrole nitrogens is 1. The second kappa shape index (κ2) is 5.74. The van der Waals surface area contributed by atoms with E-state index in [4.69, 9.17) is 0 Å². The molecule has 4 aromatic rings. The first-order chi connectivity index (χ1) is 11.7. The standard InChI is InChI=1S/C20H13FN2O/c21-18-7-6-16(17-8-10-23-19(17)18)13-3-1-4-14(11-13)20(24)15-5-2-9-22-12-15/h1-12,23H. The maximum atomic E-state index is 13.9. The lowest BCUT2D eigenvalue weighted by Crippen LogP contribution is -2.01. The molecule has 0 unspecified atom stereocenters. The minimum atomic E-state index is -0.290. The molecule has 0 aliphatic carbocycles. The molecule has 0 bridgehead atoms. The van der Waals surface area contributed by atoms with Crippen LogP contribution in [0.4, 0.5) is 4.39 Å². The Kier molecular flexibility index (Phi) is 3.43. The SMILES string of the molecule is O=C(c1cccnc1)c1cccc(-c2ccc(F)c3[nH]ccc23)c1. The van der Waals surface area contributed by atoms with Crippen LogP contribution in [0.5, 0.6) is 0 Å². The molecule has 3 nitrogen and oxygen atoms in total. The molecule has 0 atom stereocenters. The van der Waals surface area contributed by atoms with Crippen molar-refractivity contribution in [3.05, 3.63) is 90.1 Å². The highest BCUT2D eigenvalue weighted by atomic mass is 19.1. The average molecular weight is 316 g/mol. The van der Waals surface area contributed by atoms with E-state index in [-0.39, 0.29) is 11.6 Å². The predicted molar refractivity (Wildman–Crippen MR) is 91.4 cm³/mol. The molecule has 0 saturated carbocycles. The molecular weight excluding hydrogens is 303 g/mol. The van der Waals surface area contributed by atoms with Crippen molar-refractivity contribution < 1.29 is 9.18 Å². The van der Waals surface area contributed by atoms with Gasteiger partial charge in [-0.25, -0.2) is 4.39 Å². The second-order valence-electron chi connectivity index (χ2n) is 5.51. The number of carbonyl (C=O) groups excluding carboxylic acids is 1. The van der Waals surface area contributed by atoms with Gasteiger partial charge < -0.3 is 4.98 Å². The Bertz CT molecular complexity index is 1040. The number of pyridine rings is 1. The van der Waals surface area contributed by atoms with Crippen LogP contribution in [0.1, 0.15) is 15.9 Å². The maximum Gasteiger partial charge on any atom is 0.194 e. The highest BCUT2D eigenvalue weighted by Crippen LogP contribution is 2.30. The van der Waals surface area contributed by atoms with Crippen LogP contribution in [-0.4, -0.2) is 15.8 Å². The predicted octanol–water partition coefficient (Wildman–Crippen LogP) is 4.60. The van der Waals surface area contributed by atoms with Crippen LogP contribution in [0.3, 0.4) is 0 Å². The van der Waals surface area contributed by atoms with E-state index in [0.717, 1.165) is 16.5 Å². The molecular formula is C20H13FN2O. The van der Waals surface area contributed by atoms with E-state index in [1.165, 1.54) is 6.07 Å². The van der Waals surface area contributed by atoms with Gasteiger partial charge in [-0.3, -0.25) is 9.78 Å². The molecule has 0 aliphatic rings. The van der Waals surface area contributed by atoms with Gasteiger partial charge in [-0.15, -0.1) is 0 Å². The van der Waals surface area contributed by atoms with Crippen LogP contribution < -0.4 is 0 Å². The molecule has 116 valence electrons. The lowest BCUT2D eigenvalue weighted by molar-refractivity contribution is 0.103. The number of halogens is 1. The van der Waals surface area contributed by atoms with Crippen molar-refractivity contribution in [1.29, 1.82) is 0 Å². The molecule has 0 aliphatic heterocycles. The molecule has 2 heterocycles. The summed E-state index contributed by atoms with van der Waals surface area (Å²) in [6.07, 6.45) is 4.90. The maximum absolute atomic E-state index is 13.9. The summed E-state index contributed by atoms with van der Waals surface area (Å²) in [5, 5.41) is 0.793. The van der Waals surface area contributed by atoms with Crippen LogP contribution in [0.2, 0.25) is 0 Å². The van der Waals surface area contributed by atoms with Crippen molar-refractivity contribution in [3.63, 3.8) is 0 Å². The normalized spacial score (nSPS) is 10.9. The number of nitrogens with zero attached hydrogens (tertiary/aromatic N) is 1. The molecule has 0 fully saturated rings. The fraction of sp³-hybridized carbons (Fsp3) is 0. The van der Waals surface area contributed by atoms with Gasteiger partial charge in [0.1, 0.15) is 5.82 Å². The van der Waals surface area contributed by atoms with Gasteiger partial charge in [0.2, 0.25) is 0 Å². The zero-order chi connectivity index (χ0) is 16.5. The van der Waals surface area contributed by atoms with Crippen LogP contribution in [0.25, 0.3) is 22.0 Å². The molecule has 0 saturated heterocycles. The summed E-state index contributed by atoms with van der Waals surface area (Å²) in [4.78, 5) is 19.5. The number of rotatable bonds is 3. The number of fused-ring (bicyclic) bond motifs is 1. The summed E-state index contributed by atoms with van der Waals surface area (Å²) >= 11 is 0. The first-order valence-electron chi connectivity index (χ1n) is 7.55. The molecule has 2 aromatic carbocycles. The summed E-state index contributed by atoms with van der Waals surface area (Å²) < 4.78 is 13.9. The van der Waals surface area contributed by atoms with E-state index in [9.17, 15) is 9.18 Å². The summed E-state index contributed by atoms with van der Waals surface area (Å²) in [6.45, 7) is 0. The Morgan fingerprint density at radius 2 is 1.88 bits per heavy atom. The Labute approximate surface area is 137 Å². The number of carbonyl (C=O) groups is 1. The van der Waals surface area contributed by atoms with E-state index >= 15 is 0 Å². The smallest absolute Gasteiger partial charge is 0.194 e. The van der Waals surface area contributed by atoms with Crippen molar-refractivity contribution >= 4 is 16.7 Å². The van der Waals surface area contributed by atoms with Gasteiger partial charge in [0.15, 0.2) is 5.78 Å². The molecule has 24 heavy (non-hydrogen) atoms. The minimum Gasteiger partial charge on any atom is -0.359 e. The quantitative estimate of drug-likeness (QED) is 0.561. The van der Waals surface area contributed by atoms with E-state index in [1.54, 1.807) is 42.9 Å². The van der Waals surface area contributed by atoms with E-state index < -0.39 is 0 Å². The molecule has 2 aromatic heterocycles. The van der Waals surface area contributed by atoms with Crippen molar-refractivity contribution in [3.8, 4) is 11.1 Å². The van der Waals surface area contributed by atoms with Gasteiger partial charge >= 0.3 is 0 Å². The van der Waals surface area contributed by atoms with Gasteiger partial charge in [0, 0.05) is 35.1 Å². The number of aromatic amines is 1. The molecule has 0 spiro atoms. The third-order valence-electron chi connectivity index (χ3n) is 4.03. The number of ketones is 1. The van der Waals surface area contributed by atoms with Crippen LogP contribution in [0, 0.1) is 5.82 Å². The Hall–Kier alpha value is -3.27. The topological polar surface area (TPSA) is 45.8 Å². The van der Waals surface area contributed by atoms with Crippen LogP contribution >= 0.6 is 0 Å². The first kappa shape index (κ1) is 14.3. The van der Waals surface area contributed by atoms with Crippen molar-refractivity contribution in [2.75, 3.05) is 0 Å². The number of nitrogens with one attached hydrogen (secondary N) is 1. The highest BCUT2D eigenvalue weighted by molar-refractivity contribution is 6.09. The Morgan fingerprint density at radius 3 is 2.71 bits per heavy atom. The number of hydrogen-bond donors (Lipinski definition) is 1. The fourth-order valence-electron chi connectivity index (χ4n) is 2.86. The molecule has 1 N–H and O–H groups in total. The average Bonchev–Trinajstić information content (AvgIpc) is 3.13. The highest BCUT2D eigenvalue weighted by Gasteiger charge is 2.12. The monoisotopic (exact) mass is 316 g/mol. The summed E-state index contributed by atoms with van der Waals surface area (Å²) in [5.41, 5.74) is 3.34. The van der Waals surface area contributed by atoms with Gasteiger partial charge in [-0.05, 0) is 41.5 Å². The van der Waals surface area contributed by atoms with Gasteiger partial charge in [0.25, 0.3) is 0 Å². The van der Waals surface area contributed by atoms with Crippen molar-refractivity contribution in [2.45, 2.75) is 0 Å². The number of benzene rings is 2. The lowest BCUT2D eigenvalue weighted by Gasteiger charge is -2.07. The minimum absolute atomic E-state index is 0.0858. The molecule has 0 amide bonds. The van der Waals surface area contributed by atoms with E-state index in [0.29, 0.717) is 16.6 Å². The summed E-state index contributed by atoms with van der Waals surface area (Å²) in [7, 11) is 0. The lowest BCUT2D eigenvalue weighted by atomic mass is 9.97. The zero-order valence-corrected chi connectivity index (χ0v) is 12.7. The van der Waals surface area contributed by atoms with Crippen LogP contribution in [-0.2, 0) is 0 Å². The zero-order valence-electron chi connectivity index (χ0n) is 12.7. The summed E-state index contributed by atoms with van der Waals surface area (Å²) in [5.74, 6) is -0.376. The van der Waals surface area contributed by atoms with Gasteiger partial charge in [0.05, 0.1) is 5.52 Å². The largest absolute Gasteiger partial charge is 0.359 e. The first-order valence-corrected chi connectivity index (χ1v) is 7.55. The van der Waals surface area contributed by atoms with Crippen molar-refractivity contribution in [2.24, 2.45) is 0 Å². The summed E-state index contributed by atoms with van der Waals surface area (Å²) in [6, 6.07) is 15.8. The third kappa shape index (κ3) is 2.38. The number of aromatic nitrogens is 2. The van der Waals surface area contributed by atoms with Gasteiger partial charge in [-0.2, -0.15) is 0 Å². The van der Waals surface area contributed by atoms with Gasteiger partial charge in [-0.1, -0.05) is 24.3 Å². The van der Waals surface area contributed by atoms with Crippen LogP contribution in [0.15, 0.2) is 73.2 Å². The number of hydrogen-bond acceptors (Lipinski definition) is 2. The fourth-order valence-corrected chi connectivity index (χ4v) is 2.86. The van der Waals surface area contributed by atoms with Crippen molar-refractivity contribution in [1.82, 2.24) is 9.97 Å². The Morgan fingerprint density at radius 1 is 1.00 bits per heavy atom.